The van der Waals surface area contributed by atoms with E-state index < -0.39 is 5.91 Å². The van der Waals surface area contributed by atoms with E-state index >= 15 is 0 Å². The summed E-state index contributed by atoms with van der Waals surface area (Å²) in [6, 6.07) is 8.79. The predicted molar refractivity (Wildman–Crippen MR) is 111 cm³/mol. The molecule has 0 unspecified atom stereocenters. The Labute approximate surface area is 171 Å². The zero-order chi connectivity index (χ0) is 20.8. The second-order valence-electron chi connectivity index (χ2n) is 6.64. The monoisotopic (exact) mass is 414 g/mol. The van der Waals surface area contributed by atoms with E-state index in [1.807, 2.05) is 18.2 Å². The van der Waals surface area contributed by atoms with E-state index in [-0.39, 0.29) is 17.9 Å². The van der Waals surface area contributed by atoms with Crippen LogP contribution >= 0.6 is 12.2 Å². The van der Waals surface area contributed by atoms with Gasteiger partial charge >= 0.3 is 0 Å². The van der Waals surface area contributed by atoms with Gasteiger partial charge in [-0.3, -0.25) is 29.8 Å². The van der Waals surface area contributed by atoms with Crippen LogP contribution in [0.4, 0.5) is 0 Å². The van der Waals surface area contributed by atoms with E-state index in [0.717, 1.165) is 11.9 Å². The molecule has 1 aromatic carbocycles. The minimum Gasteiger partial charge on any atom is -0.469 e. The number of fused-ring (bicyclic) bond motifs is 1. The minimum absolute atomic E-state index is 0.112. The molecular formula is C20H22N4O4S. The Bertz CT molecular complexity index is 1150. The van der Waals surface area contributed by atoms with Gasteiger partial charge in [0, 0.05) is 13.0 Å². The van der Waals surface area contributed by atoms with Crippen molar-refractivity contribution in [1.29, 1.82) is 0 Å². The number of para-hydroxylation sites is 1. The summed E-state index contributed by atoms with van der Waals surface area (Å²) in [4.78, 5) is 39.4. The quantitative estimate of drug-likeness (QED) is 0.313. The number of carbonyl (C=O) groups excluding carboxylic acids is 2. The number of nitrogens with zero attached hydrogens (tertiary/aromatic N) is 1. The molecule has 3 rings (SSSR count). The number of benzene rings is 1. The highest BCUT2D eigenvalue weighted by atomic mass is 32.1. The molecule has 8 nitrogen and oxygen atoms in total. The molecule has 152 valence electrons. The van der Waals surface area contributed by atoms with Gasteiger partial charge in [0.1, 0.15) is 5.76 Å². The summed E-state index contributed by atoms with van der Waals surface area (Å²) in [6.07, 6.45) is 3.77. The van der Waals surface area contributed by atoms with Gasteiger partial charge in [-0.15, -0.1) is 0 Å². The maximum atomic E-state index is 12.6. The first-order chi connectivity index (χ1) is 14.0. The van der Waals surface area contributed by atoms with E-state index in [1.54, 1.807) is 17.6 Å². The average molecular weight is 414 g/mol. The third-order valence-electron chi connectivity index (χ3n) is 4.59. The Kier molecular flexibility index (Phi) is 6.61. The molecule has 0 aliphatic heterocycles. The number of amides is 2. The highest BCUT2D eigenvalue weighted by Crippen LogP contribution is 2.09. The molecule has 0 aliphatic carbocycles. The summed E-state index contributed by atoms with van der Waals surface area (Å²) < 4.78 is 6.99. The molecular weight excluding hydrogens is 392 g/mol. The summed E-state index contributed by atoms with van der Waals surface area (Å²) in [6.45, 7) is 2.15. The molecule has 2 heterocycles. The fraction of sp³-hybridized carbons (Fsp3) is 0.300. The van der Waals surface area contributed by atoms with Gasteiger partial charge in [-0.25, -0.2) is 0 Å². The van der Waals surface area contributed by atoms with Crippen molar-refractivity contribution in [3.63, 3.8) is 0 Å². The lowest BCUT2D eigenvalue weighted by Crippen LogP contribution is -2.41. The molecule has 0 fully saturated rings. The molecule has 0 atom stereocenters. The summed E-state index contributed by atoms with van der Waals surface area (Å²) in [5.41, 5.74) is 5.74. The number of nitrogens with one attached hydrogen (secondary N) is 3. The van der Waals surface area contributed by atoms with Crippen molar-refractivity contribution in [2.24, 2.45) is 0 Å². The first-order valence-corrected chi connectivity index (χ1v) is 9.73. The number of furan rings is 1. The highest BCUT2D eigenvalue weighted by Gasteiger charge is 2.12. The summed E-state index contributed by atoms with van der Waals surface area (Å²) >= 11 is 5.28. The van der Waals surface area contributed by atoms with Crippen LogP contribution in [0, 0.1) is 11.7 Å². The molecule has 0 saturated heterocycles. The van der Waals surface area contributed by atoms with Crippen LogP contribution in [0.25, 0.3) is 10.9 Å². The fourth-order valence-electron chi connectivity index (χ4n) is 3.01. The Hall–Kier alpha value is -3.20. The van der Waals surface area contributed by atoms with E-state index in [0.29, 0.717) is 40.9 Å². The second kappa shape index (κ2) is 9.33. The Morgan fingerprint density at radius 1 is 1.14 bits per heavy atom. The third kappa shape index (κ3) is 5.00. The molecule has 0 radical (unpaired) electrons. The van der Waals surface area contributed by atoms with Crippen LogP contribution in [-0.2, 0) is 11.3 Å². The molecule has 3 aromatic rings. The largest absolute Gasteiger partial charge is 0.469 e. The molecule has 9 heteroatoms. The van der Waals surface area contributed by atoms with Crippen molar-refractivity contribution in [2.75, 3.05) is 0 Å². The number of hydrazine groups is 1. The molecule has 0 aliphatic rings. The van der Waals surface area contributed by atoms with Crippen LogP contribution in [0.15, 0.2) is 45.8 Å². The Morgan fingerprint density at radius 3 is 2.69 bits per heavy atom. The van der Waals surface area contributed by atoms with Crippen molar-refractivity contribution in [2.45, 2.75) is 39.2 Å². The first kappa shape index (κ1) is 20.5. The van der Waals surface area contributed by atoms with E-state index in [4.69, 9.17) is 16.6 Å². The van der Waals surface area contributed by atoms with Gasteiger partial charge in [0.05, 0.1) is 22.7 Å². The van der Waals surface area contributed by atoms with Crippen molar-refractivity contribution in [1.82, 2.24) is 20.4 Å². The number of hydrogen-bond acceptors (Lipinski definition) is 5. The van der Waals surface area contributed by atoms with Crippen molar-refractivity contribution in [3.8, 4) is 0 Å². The molecule has 2 aromatic heterocycles. The van der Waals surface area contributed by atoms with Gasteiger partial charge in [-0.05, 0) is 50.2 Å². The van der Waals surface area contributed by atoms with Crippen LogP contribution < -0.4 is 16.4 Å². The van der Waals surface area contributed by atoms with E-state index in [9.17, 15) is 14.4 Å². The van der Waals surface area contributed by atoms with E-state index in [1.165, 1.54) is 12.3 Å². The zero-order valence-electron chi connectivity index (χ0n) is 16.0. The molecule has 0 spiro atoms. The van der Waals surface area contributed by atoms with Crippen LogP contribution in [0.3, 0.4) is 0 Å². The maximum absolute atomic E-state index is 12.6. The van der Waals surface area contributed by atoms with Gasteiger partial charge < -0.3 is 9.40 Å². The van der Waals surface area contributed by atoms with Crippen LogP contribution in [0.5, 0.6) is 0 Å². The minimum atomic E-state index is -0.422. The van der Waals surface area contributed by atoms with Crippen molar-refractivity contribution >= 4 is 34.9 Å². The van der Waals surface area contributed by atoms with Crippen molar-refractivity contribution < 1.29 is 14.0 Å². The van der Waals surface area contributed by atoms with Crippen molar-refractivity contribution in [3.05, 3.63) is 63.0 Å². The number of hydrogen-bond donors (Lipinski definition) is 3. The Morgan fingerprint density at radius 2 is 1.93 bits per heavy atom. The summed E-state index contributed by atoms with van der Waals surface area (Å²) in [5.74, 6) is -0.215. The van der Waals surface area contributed by atoms with Gasteiger partial charge in [0.2, 0.25) is 5.91 Å². The second-order valence-corrected chi connectivity index (χ2v) is 7.02. The molecule has 3 N–H and O–H groups in total. The van der Waals surface area contributed by atoms with Crippen LogP contribution in [0.1, 0.15) is 41.8 Å². The van der Waals surface area contributed by atoms with Gasteiger partial charge in [-0.2, -0.15) is 0 Å². The number of aryl methyl sites for hydroxylation is 1. The molecule has 2 amide bonds. The number of H-pyrrole nitrogens is 1. The number of carbonyl (C=O) groups is 2. The number of rotatable bonds is 7. The Balaban J connectivity index is 1.42. The smallest absolute Gasteiger partial charge is 0.273 e. The molecule has 0 saturated carbocycles. The zero-order valence-corrected chi connectivity index (χ0v) is 16.8. The average Bonchev–Trinajstić information content (AvgIpc) is 3.14. The lowest BCUT2D eigenvalue weighted by Gasteiger charge is -2.09. The summed E-state index contributed by atoms with van der Waals surface area (Å²) in [7, 11) is 0. The SMILES string of the molecule is Cc1occc1C(=O)NNC(=O)CCCCCn1c(=S)[nH]c2ccccc2c1=O. The van der Waals surface area contributed by atoms with Crippen LogP contribution in [0.2, 0.25) is 0 Å². The lowest BCUT2D eigenvalue weighted by atomic mass is 10.2. The number of aromatic nitrogens is 2. The lowest BCUT2D eigenvalue weighted by molar-refractivity contribution is -0.122. The third-order valence-corrected chi connectivity index (χ3v) is 4.92. The van der Waals surface area contributed by atoms with Gasteiger partial charge in [-0.1, -0.05) is 18.6 Å². The van der Waals surface area contributed by atoms with Gasteiger partial charge in [0.25, 0.3) is 11.5 Å². The summed E-state index contributed by atoms with van der Waals surface area (Å²) in [5, 5.41) is 0.601. The van der Waals surface area contributed by atoms with Gasteiger partial charge in [0.15, 0.2) is 4.77 Å². The number of aromatic amines is 1. The predicted octanol–water partition coefficient (Wildman–Crippen LogP) is 2.98. The van der Waals surface area contributed by atoms with Crippen LogP contribution in [-0.4, -0.2) is 21.4 Å². The standard InChI is InChI=1S/C20H22N4O4S/c1-13-14(10-12-28-13)18(26)23-22-17(25)9-3-2-6-11-24-19(27)15-7-4-5-8-16(15)21-20(24)29/h4-5,7-8,10,12H,2-3,6,9,11H2,1H3,(H,21,29)(H,22,25)(H,23,26). The fourth-order valence-corrected chi connectivity index (χ4v) is 3.30. The maximum Gasteiger partial charge on any atom is 0.273 e. The molecule has 29 heavy (non-hydrogen) atoms. The highest BCUT2D eigenvalue weighted by molar-refractivity contribution is 7.71. The normalized spacial score (nSPS) is 10.8. The van der Waals surface area contributed by atoms with E-state index in [2.05, 4.69) is 15.8 Å². The first-order valence-electron chi connectivity index (χ1n) is 9.32. The number of unbranched alkanes of at least 4 members (excludes halogenated alkanes) is 2. The molecule has 0 bridgehead atoms. The topological polar surface area (TPSA) is 109 Å².